The highest BCUT2D eigenvalue weighted by atomic mass is 79.9. The number of ketones is 1. The summed E-state index contributed by atoms with van der Waals surface area (Å²) in [6.45, 7) is 0. The van der Waals surface area contributed by atoms with E-state index in [1.165, 1.54) is 20.3 Å². The van der Waals surface area contributed by atoms with E-state index in [0.717, 1.165) is 7.11 Å². The van der Waals surface area contributed by atoms with Crippen LogP contribution in [0, 0.1) is 0 Å². The second kappa shape index (κ2) is 5.67. The Morgan fingerprint density at radius 1 is 1.12 bits per heavy atom. The third-order valence-corrected chi connectivity index (χ3v) is 2.71. The lowest BCUT2D eigenvalue weighted by Gasteiger charge is -2.10. The molecule has 92 valence electrons. The number of esters is 1. The fourth-order valence-corrected chi connectivity index (χ4v) is 1.85. The Morgan fingerprint density at radius 3 is 2.24 bits per heavy atom. The summed E-state index contributed by atoms with van der Waals surface area (Å²) in [5.41, 5.74) is 0.111. The third-order valence-electron chi connectivity index (χ3n) is 2.08. The van der Waals surface area contributed by atoms with Gasteiger partial charge in [-0.15, -0.1) is 0 Å². The summed E-state index contributed by atoms with van der Waals surface area (Å²) in [6.07, 6.45) is 0. The van der Waals surface area contributed by atoms with Crippen LogP contribution in [0.2, 0.25) is 0 Å². The molecule has 6 heteroatoms. The first-order valence-electron chi connectivity index (χ1n) is 4.59. The molecule has 0 spiro atoms. The molecule has 5 nitrogen and oxygen atoms in total. The van der Waals surface area contributed by atoms with Crippen molar-refractivity contribution in [2.75, 3.05) is 21.3 Å². The minimum absolute atomic E-state index is 0.111. The number of Topliss-reactive ketones (excluding diaryl/α,β-unsaturated/α-hetero) is 1. The summed E-state index contributed by atoms with van der Waals surface area (Å²) in [5, 5.41) is 0. The summed E-state index contributed by atoms with van der Waals surface area (Å²) < 4.78 is 14.9. The second-order valence-electron chi connectivity index (χ2n) is 3.01. The van der Waals surface area contributed by atoms with E-state index >= 15 is 0 Å². The van der Waals surface area contributed by atoms with Crippen molar-refractivity contribution in [2.45, 2.75) is 0 Å². The van der Waals surface area contributed by atoms with Crippen LogP contribution < -0.4 is 9.47 Å². The average Bonchev–Trinajstić information content (AvgIpc) is 2.35. The van der Waals surface area contributed by atoms with E-state index in [2.05, 4.69) is 20.7 Å². The van der Waals surface area contributed by atoms with Crippen molar-refractivity contribution < 1.29 is 23.8 Å². The second-order valence-corrected chi connectivity index (χ2v) is 3.86. The Bertz CT molecular complexity index is 455. The lowest BCUT2D eigenvalue weighted by Crippen LogP contribution is -2.17. The van der Waals surface area contributed by atoms with Crippen LogP contribution in [0.1, 0.15) is 10.4 Å². The van der Waals surface area contributed by atoms with Gasteiger partial charge in [0.25, 0.3) is 5.78 Å². The van der Waals surface area contributed by atoms with Gasteiger partial charge in [0.1, 0.15) is 11.5 Å². The van der Waals surface area contributed by atoms with Crippen molar-refractivity contribution >= 4 is 27.7 Å². The van der Waals surface area contributed by atoms with Crippen molar-refractivity contribution in [1.82, 2.24) is 0 Å². The molecular formula is C11H11BrO5. The number of methoxy groups -OCH3 is 3. The molecule has 0 aliphatic heterocycles. The Labute approximate surface area is 107 Å². The Hall–Kier alpha value is -1.56. The van der Waals surface area contributed by atoms with E-state index < -0.39 is 11.8 Å². The van der Waals surface area contributed by atoms with E-state index in [4.69, 9.17) is 9.47 Å². The standard InChI is InChI=1S/C11H11BrO5/c1-15-6-4-7(12)9(8(5-6)16-2)10(13)11(14)17-3/h4-5H,1-3H3. The van der Waals surface area contributed by atoms with Crippen molar-refractivity contribution in [1.29, 1.82) is 0 Å². The summed E-state index contributed by atoms with van der Waals surface area (Å²) in [6, 6.07) is 3.08. The van der Waals surface area contributed by atoms with E-state index in [1.807, 2.05) is 0 Å². The van der Waals surface area contributed by atoms with Gasteiger partial charge in [0, 0.05) is 10.5 Å². The fraction of sp³-hybridized carbons (Fsp3) is 0.273. The fourth-order valence-electron chi connectivity index (χ4n) is 1.25. The molecule has 0 aliphatic rings. The van der Waals surface area contributed by atoms with Crippen LogP contribution in [0.25, 0.3) is 0 Å². The third kappa shape index (κ3) is 2.76. The molecule has 0 radical (unpaired) electrons. The smallest absolute Gasteiger partial charge is 0.379 e. The zero-order valence-corrected chi connectivity index (χ0v) is 11.2. The molecule has 1 aromatic carbocycles. The molecule has 0 heterocycles. The molecule has 1 rings (SSSR count). The molecule has 0 aromatic heterocycles. The number of hydrogen-bond donors (Lipinski definition) is 0. The summed E-state index contributed by atoms with van der Waals surface area (Å²) >= 11 is 3.19. The van der Waals surface area contributed by atoms with Gasteiger partial charge in [0.2, 0.25) is 0 Å². The van der Waals surface area contributed by atoms with E-state index in [1.54, 1.807) is 6.07 Å². The monoisotopic (exact) mass is 302 g/mol. The van der Waals surface area contributed by atoms with Crippen LogP contribution in [0.4, 0.5) is 0 Å². The maximum absolute atomic E-state index is 11.8. The number of ether oxygens (including phenoxy) is 3. The van der Waals surface area contributed by atoms with Gasteiger partial charge >= 0.3 is 5.97 Å². The van der Waals surface area contributed by atoms with Gasteiger partial charge in [0.15, 0.2) is 0 Å². The van der Waals surface area contributed by atoms with Crippen LogP contribution in [-0.2, 0) is 9.53 Å². The van der Waals surface area contributed by atoms with Crippen molar-refractivity contribution in [3.63, 3.8) is 0 Å². The first-order chi connectivity index (χ1) is 8.04. The van der Waals surface area contributed by atoms with E-state index in [9.17, 15) is 9.59 Å². The molecule has 0 saturated heterocycles. The molecule has 0 N–H and O–H groups in total. The number of hydrogen-bond acceptors (Lipinski definition) is 5. The largest absolute Gasteiger partial charge is 0.497 e. The Balaban J connectivity index is 3.32. The predicted molar refractivity (Wildman–Crippen MR) is 63.6 cm³/mol. The molecule has 0 amide bonds. The maximum Gasteiger partial charge on any atom is 0.379 e. The molecular weight excluding hydrogens is 292 g/mol. The SMILES string of the molecule is COC(=O)C(=O)c1c(Br)cc(OC)cc1OC. The average molecular weight is 303 g/mol. The highest BCUT2D eigenvalue weighted by Gasteiger charge is 2.24. The van der Waals surface area contributed by atoms with Gasteiger partial charge in [-0.3, -0.25) is 4.79 Å². The molecule has 0 aliphatic carbocycles. The van der Waals surface area contributed by atoms with E-state index in [-0.39, 0.29) is 11.3 Å². The summed E-state index contributed by atoms with van der Waals surface area (Å²) in [4.78, 5) is 23.0. The van der Waals surface area contributed by atoms with Crippen LogP contribution in [0.15, 0.2) is 16.6 Å². The zero-order valence-electron chi connectivity index (χ0n) is 9.57. The molecule has 0 fully saturated rings. The normalized spacial score (nSPS) is 9.65. The molecule has 17 heavy (non-hydrogen) atoms. The molecule has 0 bridgehead atoms. The number of carbonyl (C=O) groups excluding carboxylic acids is 2. The lowest BCUT2D eigenvalue weighted by molar-refractivity contribution is -0.135. The van der Waals surface area contributed by atoms with E-state index in [0.29, 0.717) is 10.2 Å². The number of benzene rings is 1. The van der Waals surface area contributed by atoms with Gasteiger partial charge < -0.3 is 14.2 Å². The quantitative estimate of drug-likeness (QED) is 0.482. The van der Waals surface area contributed by atoms with Crippen LogP contribution >= 0.6 is 15.9 Å². The zero-order chi connectivity index (χ0) is 13.0. The van der Waals surface area contributed by atoms with Crippen LogP contribution in [0.5, 0.6) is 11.5 Å². The van der Waals surface area contributed by atoms with Crippen molar-refractivity contribution in [3.05, 3.63) is 22.2 Å². The van der Waals surface area contributed by atoms with Gasteiger partial charge in [-0.05, 0) is 22.0 Å². The predicted octanol–water partition coefficient (Wildman–Crippen LogP) is 1.82. The van der Waals surface area contributed by atoms with Crippen LogP contribution in [-0.4, -0.2) is 33.1 Å². The van der Waals surface area contributed by atoms with Crippen molar-refractivity contribution in [3.8, 4) is 11.5 Å². The van der Waals surface area contributed by atoms with Gasteiger partial charge in [-0.1, -0.05) is 0 Å². The maximum atomic E-state index is 11.8. The Kier molecular flexibility index (Phi) is 4.51. The van der Waals surface area contributed by atoms with Gasteiger partial charge in [0.05, 0.1) is 26.9 Å². The highest BCUT2D eigenvalue weighted by Crippen LogP contribution is 2.32. The lowest BCUT2D eigenvalue weighted by atomic mass is 10.1. The van der Waals surface area contributed by atoms with Crippen LogP contribution in [0.3, 0.4) is 0 Å². The minimum atomic E-state index is -0.950. The molecule has 0 unspecified atom stereocenters. The molecule has 0 atom stereocenters. The Morgan fingerprint density at radius 2 is 1.76 bits per heavy atom. The van der Waals surface area contributed by atoms with Gasteiger partial charge in [-0.25, -0.2) is 4.79 Å². The molecule has 0 saturated carbocycles. The summed E-state index contributed by atoms with van der Waals surface area (Å²) in [5.74, 6) is -0.977. The minimum Gasteiger partial charge on any atom is -0.497 e. The highest BCUT2D eigenvalue weighted by molar-refractivity contribution is 9.10. The molecule has 1 aromatic rings. The topological polar surface area (TPSA) is 61.8 Å². The number of carbonyl (C=O) groups is 2. The summed E-state index contributed by atoms with van der Waals surface area (Å²) in [7, 11) is 4.03. The van der Waals surface area contributed by atoms with Crippen molar-refractivity contribution in [2.24, 2.45) is 0 Å². The number of halogens is 1. The first kappa shape index (κ1) is 13.5. The first-order valence-corrected chi connectivity index (χ1v) is 5.38. The number of rotatable bonds is 4. The van der Waals surface area contributed by atoms with Gasteiger partial charge in [-0.2, -0.15) is 0 Å².